The molecule has 0 atom stereocenters. The van der Waals surface area contributed by atoms with Crippen LogP contribution < -0.4 is 14.9 Å². The van der Waals surface area contributed by atoms with Crippen molar-refractivity contribution in [3.63, 3.8) is 0 Å². The van der Waals surface area contributed by atoms with Crippen molar-refractivity contribution >= 4 is 39.0 Å². The highest BCUT2D eigenvalue weighted by Crippen LogP contribution is 2.23. The summed E-state index contributed by atoms with van der Waals surface area (Å²) >= 11 is 5.89. The maximum atomic E-state index is 13.4. The Hall–Kier alpha value is -2.94. The highest BCUT2D eigenvalue weighted by molar-refractivity contribution is 7.89. The van der Waals surface area contributed by atoms with Crippen LogP contribution in [-0.4, -0.2) is 27.5 Å². The van der Waals surface area contributed by atoms with E-state index in [0.29, 0.717) is 16.4 Å². The Morgan fingerprint density at radius 1 is 0.941 bits per heavy atom. The Morgan fingerprint density at radius 3 is 2.09 bits per heavy atom. The molecule has 180 valence electrons. The molecular formula is C25H27ClFN3O3S. The van der Waals surface area contributed by atoms with Crippen LogP contribution in [0.3, 0.4) is 0 Å². The van der Waals surface area contributed by atoms with Crippen molar-refractivity contribution in [3.05, 3.63) is 89.2 Å². The molecule has 3 aromatic carbocycles. The summed E-state index contributed by atoms with van der Waals surface area (Å²) in [5, 5.41) is 3.27. The number of rotatable bonds is 7. The Bertz CT molecular complexity index is 1220. The fourth-order valence-corrected chi connectivity index (χ4v) is 4.35. The highest BCUT2D eigenvalue weighted by Gasteiger charge is 2.20. The predicted octanol–water partition coefficient (Wildman–Crippen LogP) is 5.79. The number of halogens is 2. The van der Waals surface area contributed by atoms with Crippen LogP contribution in [-0.2, 0) is 15.4 Å². The normalized spacial score (nSPS) is 11.8. The second kappa shape index (κ2) is 10.5. The van der Waals surface area contributed by atoms with Gasteiger partial charge in [0.25, 0.3) is 0 Å². The van der Waals surface area contributed by atoms with Gasteiger partial charge in [-0.25, -0.2) is 22.3 Å². The number of anilines is 2. The monoisotopic (exact) mass is 503 g/mol. The van der Waals surface area contributed by atoms with Gasteiger partial charge in [-0.1, -0.05) is 44.5 Å². The molecule has 3 aromatic rings. The van der Waals surface area contributed by atoms with Crippen LogP contribution >= 0.6 is 11.6 Å². The first kappa shape index (κ1) is 25.7. The van der Waals surface area contributed by atoms with E-state index in [1.165, 1.54) is 29.2 Å². The summed E-state index contributed by atoms with van der Waals surface area (Å²) < 4.78 is 41.5. The second-order valence-corrected chi connectivity index (χ2v) is 10.9. The molecule has 0 fully saturated rings. The molecule has 0 radical (unpaired) electrons. The van der Waals surface area contributed by atoms with Gasteiger partial charge in [0, 0.05) is 29.5 Å². The molecule has 0 saturated heterocycles. The molecule has 6 nitrogen and oxygen atoms in total. The van der Waals surface area contributed by atoms with Crippen LogP contribution in [0.2, 0.25) is 5.02 Å². The topological polar surface area (TPSA) is 78.5 Å². The van der Waals surface area contributed by atoms with Gasteiger partial charge in [0.15, 0.2) is 0 Å². The summed E-state index contributed by atoms with van der Waals surface area (Å²) in [6, 6.07) is 18.2. The van der Waals surface area contributed by atoms with Gasteiger partial charge < -0.3 is 5.32 Å². The first-order chi connectivity index (χ1) is 16.0. The Balaban J connectivity index is 1.72. The van der Waals surface area contributed by atoms with Crippen LogP contribution in [0.25, 0.3) is 0 Å². The van der Waals surface area contributed by atoms with Crippen molar-refractivity contribution < 1.29 is 17.6 Å². The van der Waals surface area contributed by atoms with Gasteiger partial charge in [0.2, 0.25) is 10.0 Å². The average Bonchev–Trinajstić information content (AvgIpc) is 2.78. The molecule has 0 unspecified atom stereocenters. The Kier molecular flexibility index (Phi) is 7.97. The molecule has 0 aromatic heterocycles. The third-order valence-corrected chi connectivity index (χ3v) is 6.87. The SMILES string of the molecule is CC(C)(C)c1ccc(S(=O)(=O)NCCN(C(=O)Nc2ccc(Cl)cc2)c2ccc(F)cc2)cc1. The van der Waals surface area contributed by atoms with Gasteiger partial charge in [0.1, 0.15) is 5.82 Å². The van der Waals surface area contributed by atoms with Gasteiger partial charge in [0.05, 0.1) is 4.90 Å². The lowest BCUT2D eigenvalue weighted by molar-refractivity contribution is 0.257. The largest absolute Gasteiger partial charge is 0.326 e. The third-order valence-electron chi connectivity index (χ3n) is 5.14. The zero-order chi connectivity index (χ0) is 24.9. The van der Waals surface area contributed by atoms with Crippen LogP contribution in [0.15, 0.2) is 77.7 Å². The van der Waals surface area contributed by atoms with Crippen molar-refractivity contribution in [2.75, 3.05) is 23.3 Å². The smallest absolute Gasteiger partial charge is 0.308 e. The summed E-state index contributed by atoms with van der Waals surface area (Å²) in [6.07, 6.45) is 0. The van der Waals surface area contributed by atoms with E-state index in [9.17, 15) is 17.6 Å². The molecule has 0 saturated carbocycles. The zero-order valence-electron chi connectivity index (χ0n) is 19.2. The van der Waals surface area contributed by atoms with Crippen LogP contribution in [0.5, 0.6) is 0 Å². The quantitative estimate of drug-likeness (QED) is 0.428. The van der Waals surface area contributed by atoms with Crippen molar-refractivity contribution in [2.45, 2.75) is 31.1 Å². The molecule has 0 spiro atoms. The van der Waals surface area contributed by atoms with E-state index in [0.717, 1.165) is 5.56 Å². The van der Waals surface area contributed by atoms with E-state index >= 15 is 0 Å². The number of nitrogens with one attached hydrogen (secondary N) is 2. The van der Waals surface area contributed by atoms with Gasteiger partial charge in [-0.3, -0.25) is 4.90 Å². The average molecular weight is 504 g/mol. The minimum atomic E-state index is -3.78. The van der Waals surface area contributed by atoms with Crippen molar-refractivity contribution in [1.82, 2.24) is 4.72 Å². The number of benzene rings is 3. The summed E-state index contributed by atoms with van der Waals surface area (Å²) in [5.41, 5.74) is 1.86. The summed E-state index contributed by atoms with van der Waals surface area (Å²) in [7, 11) is -3.78. The predicted molar refractivity (Wildman–Crippen MR) is 135 cm³/mol. The lowest BCUT2D eigenvalue weighted by Crippen LogP contribution is -2.41. The van der Waals surface area contributed by atoms with Crippen LogP contribution in [0.1, 0.15) is 26.3 Å². The summed E-state index contributed by atoms with van der Waals surface area (Å²) in [6.45, 7) is 6.12. The number of nitrogens with zero attached hydrogens (tertiary/aromatic N) is 1. The van der Waals surface area contributed by atoms with E-state index in [1.807, 2.05) is 20.8 Å². The number of hydrogen-bond donors (Lipinski definition) is 2. The van der Waals surface area contributed by atoms with Gasteiger partial charge in [-0.15, -0.1) is 0 Å². The molecule has 0 bridgehead atoms. The fourth-order valence-electron chi connectivity index (χ4n) is 3.20. The molecule has 0 aliphatic carbocycles. The highest BCUT2D eigenvalue weighted by atomic mass is 35.5. The van der Waals surface area contributed by atoms with Crippen LogP contribution in [0.4, 0.5) is 20.6 Å². The molecule has 9 heteroatoms. The third kappa shape index (κ3) is 6.79. The lowest BCUT2D eigenvalue weighted by Gasteiger charge is -2.23. The minimum absolute atomic E-state index is 0.0182. The van der Waals surface area contributed by atoms with Crippen LogP contribution in [0, 0.1) is 5.82 Å². The molecule has 3 rings (SSSR count). The number of sulfonamides is 1. The number of hydrogen-bond acceptors (Lipinski definition) is 3. The number of urea groups is 1. The van der Waals surface area contributed by atoms with Crippen molar-refractivity contribution in [3.8, 4) is 0 Å². The summed E-state index contributed by atoms with van der Waals surface area (Å²) in [5.74, 6) is -0.443. The first-order valence-corrected chi connectivity index (χ1v) is 12.5. The minimum Gasteiger partial charge on any atom is -0.308 e. The molecular weight excluding hydrogens is 477 g/mol. The van der Waals surface area contributed by atoms with E-state index in [4.69, 9.17) is 11.6 Å². The maximum absolute atomic E-state index is 13.4. The van der Waals surface area contributed by atoms with Crippen molar-refractivity contribution in [2.24, 2.45) is 0 Å². The number of carbonyl (C=O) groups is 1. The van der Waals surface area contributed by atoms with E-state index in [1.54, 1.807) is 48.5 Å². The fraction of sp³-hybridized carbons (Fsp3) is 0.240. The Morgan fingerprint density at radius 2 is 1.53 bits per heavy atom. The molecule has 34 heavy (non-hydrogen) atoms. The molecule has 0 aliphatic heterocycles. The molecule has 2 amide bonds. The molecule has 0 heterocycles. The van der Waals surface area contributed by atoms with Gasteiger partial charge >= 0.3 is 6.03 Å². The molecule has 2 N–H and O–H groups in total. The maximum Gasteiger partial charge on any atom is 0.326 e. The van der Waals surface area contributed by atoms with Gasteiger partial charge in [-0.2, -0.15) is 0 Å². The van der Waals surface area contributed by atoms with Crippen molar-refractivity contribution in [1.29, 1.82) is 0 Å². The number of carbonyl (C=O) groups excluding carboxylic acids is 1. The standard InChI is InChI=1S/C25H27ClFN3O3S/c1-25(2,3)18-4-14-23(15-5-18)34(32,33)28-16-17-30(22-12-8-20(27)9-13-22)24(31)29-21-10-6-19(26)7-11-21/h4-15,28H,16-17H2,1-3H3,(H,29,31). The zero-order valence-corrected chi connectivity index (χ0v) is 20.8. The van der Waals surface area contributed by atoms with E-state index in [-0.39, 0.29) is 23.4 Å². The van der Waals surface area contributed by atoms with E-state index in [2.05, 4.69) is 10.0 Å². The van der Waals surface area contributed by atoms with E-state index < -0.39 is 21.9 Å². The lowest BCUT2D eigenvalue weighted by atomic mass is 9.87. The van der Waals surface area contributed by atoms with Gasteiger partial charge in [-0.05, 0) is 71.6 Å². The first-order valence-electron chi connectivity index (χ1n) is 10.7. The Labute approximate surface area is 204 Å². The molecule has 0 aliphatic rings. The summed E-state index contributed by atoms with van der Waals surface area (Å²) in [4.78, 5) is 14.4. The number of amides is 2. The second-order valence-electron chi connectivity index (χ2n) is 8.74.